The van der Waals surface area contributed by atoms with Crippen LogP contribution in [0.5, 0.6) is 5.75 Å². The zero-order chi connectivity index (χ0) is 18.6. The molecule has 0 spiro atoms. The Bertz CT molecular complexity index is 946. The normalized spacial score (nSPS) is 12.5. The van der Waals surface area contributed by atoms with Gasteiger partial charge in [-0.2, -0.15) is 0 Å². The Morgan fingerprint density at radius 2 is 1.96 bits per heavy atom. The van der Waals surface area contributed by atoms with Crippen LogP contribution in [0.15, 0.2) is 69.5 Å². The molecule has 1 aromatic carbocycles. The van der Waals surface area contributed by atoms with Gasteiger partial charge in [0, 0.05) is 6.54 Å². The van der Waals surface area contributed by atoms with Crippen molar-refractivity contribution < 1.29 is 22.4 Å². The van der Waals surface area contributed by atoms with E-state index in [9.17, 15) is 13.2 Å². The molecule has 0 radical (unpaired) electrons. The number of hydrogen-bond donors (Lipinski definition) is 1. The van der Waals surface area contributed by atoms with Gasteiger partial charge in [-0.25, -0.2) is 8.42 Å². The van der Waals surface area contributed by atoms with E-state index >= 15 is 0 Å². The van der Waals surface area contributed by atoms with Crippen LogP contribution in [0, 0.1) is 0 Å². The second-order valence-electron chi connectivity index (χ2n) is 5.41. The molecule has 0 saturated heterocycles. The van der Waals surface area contributed by atoms with Crippen LogP contribution in [0.1, 0.15) is 20.7 Å². The first-order valence-corrected chi connectivity index (χ1v) is 10.2. The first-order valence-electron chi connectivity index (χ1n) is 7.75. The van der Waals surface area contributed by atoms with E-state index in [0.29, 0.717) is 10.6 Å². The molecule has 0 aliphatic heterocycles. The highest BCUT2D eigenvalue weighted by Gasteiger charge is 2.32. The first kappa shape index (κ1) is 18.2. The number of furan rings is 1. The quantitative estimate of drug-likeness (QED) is 0.668. The van der Waals surface area contributed by atoms with Crippen LogP contribution < -0.4 is 10.1 Å². The second-order valence-corrected chi connectivity index (χ2v) is 8.49. The van der Waals surface area contributed by atoms with Crippen LogP contribution in [0.2, 0.25) is 0 Å². The van der Waals surface area contributed by atoms with Gasteiger partial charge in [0.05, 0.1) is 23.1 Å². The lowest BCUT2D eigenvalue weighted by atomic mass is 10.3. The summed E-state index contributed by atoms with van der Waals surface area (Å²) in [5, 5.41) is 3.43. The highest BCUT2D eigenvalue weighted by atomic mass is 32.2. The van der Waals surface area contributed by atoms with Gasteiger partial charge < -0.3 is 14.5 Å². The van der Waals surface area contributed by atoms with E-state index in [4.69, 9.17) is 9.15 Å². The van der Waals surface area contributed by atoms with E-state index in [1.54, 1.807) is 41.8 Å². The molecule has 136 valence electrons. The number of hydrogen-bond acceptors (Lipinski definition) is 6. The summed E-state index contributed by atoms with van der Waals surface area (Å²) < 4.78 is 36.5. The Labute approximate surface area is 155 Å². The van der Waals surface area contributed by atoms with Gasteiger partial charge in [0.1, 0.15) is 16.8 Å². The van der Waals surface area contributed by atoms with Gasteiger partial charge in [-0.3, -0.25) is 4.79 Å². The zero-order valence-corrected chi connectivity index (χ0v) is 15.5. The van der Waals surface area contributed by atoms with Crippen molar-refractivity contribution in [2.24, 2.45) is 0 Å². The largest absolute Gasteiger partial charge is 0.497 e. The Morgan fingerprint density at radius 3 is 2.54 bits per heavy atom. The van der Waals surface area contributed by atoms with Crippen LogP contribution >= 0.6 is 11.3 Å². The average Bonchev–Trinajstić information content (AvgIpc) is 3.35. The van der Waals surface area contributed by atoms with Crippen molar-refractivity contribution in [2.45, 2.75) is 10.1 Å². The Hall–Kier alpha value is -2.58. The van der Waals surface area contributed by atoms with E-state index in [1.165, 1.54) is 36.8 Å². The third kappa shape index (κ3) is 3.81. The number of sulfone groups is 1. The molecule has 6 nitrogen and oxygen atoms in total. The summed E-state index contributed by atoms with van der Waals surface area (Å²) in [6.07, 6.45) is 1.41. The smallest absolute Gasteiger partial charge is 0.261 e. The summed E-state index contributed by atoms with van der Waals surface area (Å²) >= 11 is 1.29. The van der Waals surface area contributed by atoms with Gasteiger partial charge in [0.2, 0.25) is 0 Å². The molecule has 2 heterocycles. The predicted molar refractivity (Wildman–Crippen MR) is 98.3 cm³/mol. The van der Waals surface area contributed by atoms with Gasteiger partial charge in [0.25, 0.3) is 5.91 Å². The standard InChI is InChI=1S/C18H17NO5S2/c1-23-13-6-8-14(9-7-13)26(21,22)17(15-4-2-10-24-15)12-19-18(20)16-5-3-11-25-16/h2-11,17H,12H2,1H3,(H,19,20). The third-order valence-electron chi connectivity index (χ3n) is 3.82. The minimum Gasteiger partial charge on any atom is -0.497 e. The Balaban J connectivity index is 1.86. The van der Waals surface area contributed by atoms with Gasteiger partial charge in [-0.1, -0.05) is 6.07 Å². The number of benzene rings is 1. The van der Waals surface area contributed by atoms with Crippen molar-refractivity contribution >= 4 is 27.1 Å². The fraction of sp³-hybridized carbons (Fsp3) is 0.167. The van der Waals surface area contributed by atoms with E-state index in [1.807, 2.05) is 0 Å². The van der Waals surface area contributed by atoms with E-state index in [-0.39, 0.29) is 23.1 Å². The fourth-order valence-corrected chi connectivity index (χ4v) is 4.67. The number of carbonyl (C=O) groups excluding carboxylic acids is 1. The number of nitrogens with one attached hydrogen (secondary N) is 1. The number of thiophene rings is 1. The number of carbonyl (C=O) groups is 1. The van der Waals surface area contributed by atoms with E-state index in [0.717, 1.165) is 0 Å². The molecule has 0 fully saturated rings. The molecular formula is C18H17NO5S2. The van der Waals surface area contributed by atoms with Crippen molar-refractivity contribution in [2.75, 3.05) is 13.7 Å². The predicted octanol–water partition coefficient (Wildman–Crippen LogP) is 3.29. The number of ether oxygens (including phenoxy) is 1. The number of methoxy groups -OCH3 is 1. The first-order chi connectivity index (χ1) is 12.5. The minimum atomic E-state index is -3.77. The van der Waals surface area contributed by atoms with Crippen molar-refractivity contribution in [3.8, 4) is 5.75 Å². The minimum absolute atomic E-state index is 0.0986. The molecule has 0 saturated carbocycles. The lowest BCUT2D eigenvalue weighted by Gasteiger charge is -2.16. The van der Waals surface area contributed by atoms with Crippen molar-refractivity contribution in [3.05, 3.63) is 70.8 Å². The molecule has 1 N–H and O–H groups in total. The maximum absolute atomic E-state index is 13.1. The maximum atomic E-state index is 13.1. The zero-order valence-electron chi connectivity index (χ0n) is 13.9. The maximum Gasteiger partial charge on any atom is 0.261 e. The molecule has 3 aromatic rings. The van der Waals surface area contributed by atoms with Crippen molar-refractivity contribution in [1.82, 2.24) is 5.32 Å². The monoisotopic (exact) mass is 391 g/mol. The topological polar surface area (TPSA) is 85.6 Å². The summed E-state index contributed by atoms with van der Waals surface area (Å²) in [4.78, 5) is 12.8. The lowest BCUT2D eigenvalue weighted by Crippen LogP contribution is -2.31. The number of rotatable bonds is 7. The molecule has 1 atom stereocenters. The fourth-order valence-electron chi connectivity index (χ4n) is 2.45. The molecule has 1 unspecified atom stereocenters. The molecule has 26 heavy (non-hydrogen) atoms. The van der Waals surface area contributed by atoms with Crippen LogP contribution in [0.3, 0.4) is 0 Å². The molecule has 3 rings (SSSR count). The molecular weight excluding hydrogens is 374 g/mol. The summed E-state index contributed by atoms with van der Waals surface area (Å²) in [7, 11) is -2.26. The van der Waals surface area contributed by atoms with Crippen LogP contribution in [0.25, 0.3) is 0 Å². The molecule has 8 heteroatoms. The average molecular weight is 391 g/mol. The van der Waals surface area contributed by atoms with Gasteiger partial charge in [-0.15, -0.1) is 11.3 Å². The third-order valence-corrected chi connectivity index (χ3v) is 6.76. The Morgan fingerprint density at radius 1 is 1.19 bits per heavy atom. The molecule has 2 aromatic heterocycles. The van der Waals surface area contributed by atoms with Crippen LogP contribution in [-0.4, -0.2) is 28.0 Å². The summed E-state index contributed by atoms with van der Waals surface area (Å²) in [5.74, 6) is 0.512. The molecule has 0 aliphatic rings. The van der Waals surface area contributed by atoms with Crippen molar-refractivity contribution in [1.29, 1.82) is 0 Å². The summed E-state index contributed by atoms with van der Waals surface area (Å²) in [6.45, 7) is -0.0986. The van der Waals surface area contributed by atoms with Gasteiger partial charge >= 0.3 is 0 Å². The molecule has 0 aliphatic carbocycles. The highest BCUT2D eigenvalue weighted by molar-refractivity contribution is 7.91. The summed E-state index contributed by atoms with van der Waals surface area (Å²) in [6, 6.07) is 12.8. The van der Waals surface area contributed by atoms with Gasteiger partial charge in [-0.05, 0) is 47.8 Å². The Kier molecular flexibility index (Phi) is 5.43. The number of amides is 1. The summed E-state index contributed by atoms with van der Waals surface area (Å²) in [5.41, 5.74) is 0. The van der Waals surface area contributed by atoms with Gasteiger partial charge in [0.15, 0.2) is 9.84 Å². The van der Waals surface area contributed by atoms with Crippen LogP contribution in [-0.2, 0) is 9.84 Å². The van der Waals surface area contributed by atoms with E-state index < -0.39 is 15.1 Å². The lowest BCUT2D eigenvalue weighted by molar-refractivity contribution is 0.0957. The highest BCUT2D eigenvalue weighted by Crippen LogP contribution is 2.30. The van der Waals surface area contributed by atoms with Crippen LogP contribution in [0.4, 0.5) is 0 Å². The van der Waals surface area contributed by atoms with Crippen molar-refractivity contribution in [3.63, 3.8) is 0 Å². The van der Waals surface area contributed by atoms with E-state index in [2.05, 4.69) is 5.32 Å². The SMILES string of the molecule is COc1ccc(S(=O)(=O)C(CNC(=O)c2cccs2)c2ccco2)cc1. The molecule has 1 amide bonds. The second kappa shape index (κ2) is 7.76. The molecule has 0 bridgehead atoms.